The molecule has 20 heavy (non-hydrogen) atoms. The molecule has 0 aliphatic carbocycles. The van der Waals surface area contributed by atoms with Crippen LogP contribution >= 0.6 is 0 Å². The summed E-state index contributed by atoms with van der Waals surface area (Å²) in [5, 5.41) is 2.75. The van der Waals surface area contributed by atoms with Crippen molar-refractivity contribution < 1.29 is 9.59 Å². The SMILES string of the molecule is C=CCNC(=O)CC1c2ccccc2C=CN1C(C)=O. The van der Waals surface area contributed by atoms with Gasteiger partial charge in [0.15, 0.2) is 0 Å². The third kappa shape index (κ3) is 2.96. The molecule has 0 bridgehead atoms. The smallest absolute Gasteiger partial charge is 0.223 e. The van der Waals surface area contributed by atoms with E-state index in [0.717, 1.165) is 11.1 Å². The second kappa shape index (κ2) is 6.19. The topological polar surface area (TPSA) is 49.4 Å². The molecule has 1 aliphatic heterocycles. The highest BCUT2D eigenvalue weighted by molar-refractivity contribution is 5.81. The van der Waals surface area contributed by atoms with E-state index >= 15 is 0 Å². The number of carbonyl (C=O) groups is 2. The van der Waals surface area contributed by atoms with Crippen LogP contribution in [0.5, 0.6) is 0 Å². The zero-order valence-corrected chi connectivity index (χ0v) is 11.5. The second-order valence-corrected chi connectivity index (χ2v) is 4.68. The molecule has 0 spiro atoms. The second-order valence-electron chi connectivity index (χ2n) is 4.68. The van der Waals surface area contributed by atoms with Crippen LogP contribution in [0.15, 0.2) is 43.1 Å². The Morgan fingerprint density at radius 3 is 2.85 bits per heavy atom. The lowest BCUT2D eigenvalue weighted by Gasteiger charge is -2.32. The molecule has 0 radical (unpaired) electrons. The predicted octanol–water partition coefficient (Wildman–Crippen LogP) is 2.25. The van der Waals surface area contributed by atoms with Gasteiger partial charge in [0.2, 0.25) is 11.8 Å². The number of hydrogen-bond acceptors (Lipinski definition) is 2. The molecule has 1 unspecified atom stereocenters. The molecule has 1 N–H and O–H groups in total. The van der Waals surface area contributed by atoms with Crippen LogP contribution in [-0.2, 0) is 9.59 Å². The van der Waals surface area contributed by atoms with Crippen LogP contribution in [0.3, 0.4) is 0 Å². The fourth-order valence-corrected chi connectivity index (χ4v) is 2.35. The van der Waals surface area contributed by atoms with E-state index in [2.05, 4.69) is 11.9 Å². The van der Waals surface area contributed by atoms with Crippen molar-refractivity contribution >= 4 is 17.9 Å². The van der Waals surface area contributed by atoms with Crippen molar-refractivity contribution in [3.63, 3.8) is 0 Å². The Hall–Kier alpha value is -2.36. The zero-order chi connectivity index (χ0) is 14.5. The summed E-state index contributed by atoms with van der Waals surface area (Å²) in [5.74, 6) is -0.163. The Morgan fingerprint density at radius 1 is 1.40 bits per heavy atom. The monoisotopic (exact) mass is 270 g/mol. The lowest BCUT2D eigenvalue weighted by atomic mass is 9.93. The zero-order valence-electron chi connectivity index (χ0n) is 11.5. The molecule has 1 heterocycles. The molecule has 104 valence electrons. The van der Waals surface area contributed by atoms with Crippen LogP contribution in [0.2, 0.25) is 0 Å². The maximum absolute atomic E-state index is 11.9. The molecular formula is C16H18N2O2. The number of benzene rings is 1. The number of hydrogen-bond donors (Lipinski definition) is 1. The Bertz CT molecular complexity index is 563. The summed E-state index contributed by atoms with van der Waals surface area (Å²) < 4.78 is 0. The van der Waals surface area contributed by atoms with Gasteiger partial charge in [-0.05, 0) is 17.2 Å². The normalized spacial score (nSPS) is 16.4. The molecular weight excluding hydrogens is 252 g/mol. The molecule has 0 saturated heterocycles. The molecule has 2 amide bonds. The Kier molecular flexibility index (Phi) is 4.35. The number of rotatable bonds is 4. The first-order chi connectivity index (χ1) is 9.63. The van der Waals surface area contributed by atoms with Crippen LogP contribution in [0.1, 0.15) is 30.5 Å². The van der Waals surface area contributed by atoms with Gasteiger partial charge in [0.1, 0.15) is 0 Å². The summed E-state index contributed by atoms with van der Waals surface area (Å²) in [7, 11) is 0. The van der Waals surface area contributed by atoms with Crippen molar-refractivity contribution in [1.29, 1.82) is 0 Å². The minimum Gasteiger partial charge on any atom is -0.353 e. The summed E-state index contributed by atoms with van der Waals surface area (Å²) in [6, 6.07) is 7.56. The molecule has 4 nitrogen and oxygen atoms in total. The van der Waals surface area contributed by atoms with Crippen molar-refractivity contribution in [2.75, 3.05) is 6.54 Å². The fraction of sp³-hybridized carbons (Fsp3) is 0.250. The first kappa shape index (κ1) is 14.1. The minimum absolute atomic E-state index is 0.0720. The molecule has 1 aliphatic rings. The number of fused-ring (bicyclic) bond motifs is 1. The van der Waals surface area contributed by atoms with Crippen molar-refractivity contribution in [1.82, 2.24) is 10.2 Å². The molecule has 4 heteroatoms. The maximum Gasteiger partial charge on any atom is 0.223 e. The molecule has 0 fully saturated rings. The number of nitrogens with one attached hydrogen (secondary N) is 1. The van der Waals surface area contributed by atoms with Crippen LogP contribution < -0.4 is 5.32 Å². The number of carbonyl (C=O) groups excluding carboxylic acids is 2. The van der Waals surface area contributed by atoms with Gasteiger partial charge in [0, 0.05) is 19.7 Å². The highest BCUT2D eigenvalue weighted by atomic mass is 16.2. The van der Waals surface area contributed by atoms with Gasteiger partial charge in [-0.15, -0.1) is 6.58 Å². The maximum atomic E-state index is 11.9. The highest BCUT2D eigenvalue weighted by Gasteiger charge is 2.27. The van der Waals surface area contributed by atoms with E-state index < -0.39 is 0 Å². The van der Waals surface area contributed by atoms with Gasteiger partial charge < -0.3 is 10.2 Å². The summed E-state index contributed by atoms with van der Waals surface area (Å²) in [4.78, 5) is 25.3. The molecule has 2 rings (SSSR count). The standard InChI is InChI=1S/C16H18N2O2/c1-3-9-17-16(20)11-15-14-7-5-4-6-13(14)8-10-18(15)12(2)19/h3-8,10,15H,1,9,11H2,2H3,(H,17,20). The van der Waals surface area contributed by atoms with Crippen molar-refractivity contribution in [3.8, 4) is 0 Å². The van der Waals surface area contributed by atoms with Gasteiger partial charge in [0.05, 0.1) is 12.5 Å². The molecule has 1 aromatic carbocycles. The van der Waals surface area contributed by atoms with Crippen molar-refractivity contribution in [3.05, 3.63) is 54.2 Å². The fourth-order valence-electron chi connectivity index (χ4n) is 2.35. The third-order valence-corrected chi connectivity index (χ3v) is 3.29. The van der Waals surface area contributed by atoms with E-state index in [-0.39, 0.29) is 24.3 Å². The quantitative estimate of drug-likeness (QED) is 0.853. The van der Waals surface area contributed by atoms with Crippen LogP contribution in [0, 0.1) is 0 Å². The lowest BCUT2D eigenvalue weighted by Crippen LogP contribution is -2.35. The summed E-state index contributed by atoms with van der Waals surface area (Å²) in [6.45, 7) is 5.51. The van der Waals surface area contributed by atoms with Gasteiger partial charge in [0.25, 0.3) is 0 Å². The van der Waals surface area contributed by atoms with Gasteiger partial charge in [-0.2, -0.15) is 0 Å². The van der Waals surface area contributed by atoms with Crippen molar-refractivity contribution in [2.24, 2.45) is 0 Å². The van der Waals surface area contributed by atoms with E-state index in [1.165, 1.54) is 6.92 Å². The van der Waals surface area contributed by atoms with Crippen molar-refractivity contribution in [2.45, 2.75) is 19.4 Å². The van der Waals surface area contributed by atoms with Gasteiger partial charge in [-0.1, -0.05) is 30.3 Å². The van der Waals surface area contributed by atoms with E-state index in [1.807, 2.05) is 30.3 Å². The number of amides is 2. The van der Waals surface area contributed by atoms with Crippen LogP contribution in [0.25, 0.3) is 6.08 Å². The van der Waals surface area contributed by atoms with E-state index in [4.69, 9.17) is 0 Å². The first-order valence-corrected chi connectivity index (χ1v) is 6.57. The Labute approximate surface area is 118 Å². The summed E-state index contributed by atoms with van der Waals surface area (Å²) in [6.07, 6.45) is 5.52. The molecule has 0 saturated carbocycles. The van der Waals surface area contributed by atoms with Gasteiger partial charge in [-0.3, -0.25) is 9.59 Å². The van der Waals surface area contributed by atoms with E-state index in [9.17, 15) is 9.59 Å². The molecule has 1 aromatic rings. The number of nitrogens with zero attached hydrogens (tertiary/aromatic N) is 1. The molecule has 0 aromatic heterocycles. The summed E-state index contributed by atoms with van der Waals surface area (Å²) in [5.41, 5.74) is 2.05. The molecule has 1 atom stereocenters. The van der Waals surface area contributed by atoms with Crippen LogP contribution in [0.4, 0.5) is 0 Å². The lowest BCUT2D eigenvalue weighted by molar-refractivity contribution is -0.129. The van der Waals surface area contributed by atoms with E-state index in [1.54, 1.807) is 17.2 Å². The van der Waals surface area contributed by atoms with Gasteiger partial charge >= 0.3 is 0 Å². The van der Waals surface area contributed by atoms with Gasteiger partial charge in [-0.25, -0.2) is 0 Å². The highest BCUT2D eigenvalue weighted by Crippen LogP contribution is 2.32. The minimum atomic E-state index is -0.251. The largest absolute Gasteiger partial charge is 0.353 e. The van der Waals surface area contributed by atoms with Crippen LogP contribution in [-0.4, -0.2) is 23.3 Å². The average Bonchev–Trinajstić information content (AvgIpc) is 2.45. The Morgan fingerprint density at radius 2 is 2.15 bits per heavy atom. The Balaban J connectivity index is 2.25. The average molecular weight is 270 g/mol. The third-order valence-electron chi connectivity index (χ3n) is 3.29. The first-order valence-electron chi connectivity index (χ1n) is 6.57. The predicted molar refractivity (Wildman–Crippen MR) is 78.6 cm³/mol. The summed E-state index contributed by atoms with van der Waals surface area (Å²) >= 11 is 0. The van der Waals surface area contributed by atoms with E-state index in [0.29, 0.717) is 6.54 Å².